The number of fused-ring (bicyclic) bond motifs is 1. The van der Waals surface area contributed by atoms with Crippen LogP contribution in [-0.2, 0) is 6.54 Å². The molecule has 0 aliphatic heterocycles. The van der Waals surface area contributed by atoms with E-state index in [1.165, 1.54) is 10.4 Å². The lowest BCUT2D eigenvalue weighted by Crippen LogP contribution is -2.04. The molecule has 0 spiro atoms. The van der Waals surface area contributed by atoms with E-state index in [1.807, 2.05) is 6.92 Å². The van der Waals surface area contributed by atoms with Crippen LogP contribution in [0.4, 0.5) is 5.82 Å². The molecule has 0 bridgehead atoms. The van der Waals surface area contributed by atoms with Crippen LogP contribution in [0.1, 0.15) is 21.8 Å². The van der Waals surface area contributed by atoms with Crippen molar-refractivity contribution in [1.29, 1.82) is 0 Å². The van der Waals surface area contributed by atoms with E-state index in [0.717, 1.165) is 27.4 Å². The Labute approximate surface area is 113 Å². The Morgan fingerprint density at radius 3 is 2.79 bits per heavy atom. The van der Waals surface area contributed by atoms with E-state index < -0.39 is 0 Å². The molecule has 0 radical (unpaired) electrons. The Kier molecular flexibility index (Phi) is 2.90. The molecule has 0 unspecified atom stereocenters. The average Bonchev–Trinajstić information content (AvgIpc) is 2.92. The third-order valence-corrected chi connectivity index (χ3v) is 4.25. The minimum atomic E-state index is 0.537. The van der Waals surface area contributed by atoms with E-state index in [-0.39, 0.29) is 0 Å². The standard InChI is InChI=1S/C12H13N5OS/c1-6-8(3)19-12-10(6)11(14-5-15-12)13-4-9-7(2)16-18-17-9/h5H,4H2,1-3H3,(H,13,14,15). The molecule has 0 aliphatic rings. The minimum Gasteiger partial charge on any atom is -0.364 e. The van der Waals surface area contributed by atoms with Gasteiger partial charge in [0.15, 0.2) is 0 Å². The van der Waals surface area contributed by atoms with E-state index in [0.29, 0.717) is 6.54 Å². The molecule has 0 fully saturated rings. The van der Waals surface area contributed by atoms with Crippen LogP contribution in [0.25, 0.3) is 10.2 Å². The van der Waals surface area contributed by atoms with Crippen molar-refractivity contribution in [3.8, 4) is 0 Å². The highest BCUT2D eigenvalue weighted by atomic mass is 32.1. The Bertz CT molecular complexity index is 733. The Morgan fingerprint density at radius 1 is 1.21 bits per heavy atom. The molecule has 0 aliphatic carbocycles. The second kappa shape index (κ2) is 4.58. The van der Waals surface area contributed by atoms with Gasteiger partial charge < -0.3 is 5.32 Å². The Morgan fingerprint density at radius 2 is 2.05 bits per heavy atom. The lowest BCUT2D eigenvalue weighted by atomic mass is 10.2. The first-order valence-corrected chi connectivity index (χ1v) is 6.71. The monoisotopic (exact) mass is 275 g/mol. The minimum absolute atomic E-state index is 0.537. The molecule has 6 nitrogen and oxygen atoms in total. The average molecular weight is 275 g/mol. The first-order chi connectivity index (χ1) is 9.16. The third kappa shape index (κ3) is 2.06. The SMILES string of the molecule is Cc1nonc1CNc1ncnc2sc(C)c(C)c12. The van der Waals surface area contributed by atoms with Crippen molar-refractivity contribution < 1.29 is 4.63 Å². The number of rotatable bonds is 3. The maximum Gasteiger partial charge on any atom is 0.138 e. The molecule has 19 heavy (non-hydrogen) atoms. The van der Waals surface area contributed by atoms with Crippen LogP contribution in [0.3, 0.4) is 0 Å². The number of thiophene rings is 1. The van der Waals surface area contributed by atoms with E-state index in [4.69, 9.17) is 0 Å². The summed E-state index contributed by atoms with van der Waals surface area (Å²) in [5.74, 6) is 0.828. The molecule has 7 heteroatoms. The van der Waals surface area contributed by atoms with Crippen molar-refractivity contribution in [2.24, 2.45) is 0 Å². The normalized spacial score (nSPS) is 11.1. The van der Waals surface area contributed by atoms with Crippen molar-refractivity contribution in [3.63, 3.8) is 0 Å². The maximum absolute atomic E-state index is 4.68. The quantitative estimate of drug-likeness (QED) is 0.791. The zero-order chi connectivity index (χ0) is 13.4. The van der Waals surface area contributed by atoms with Crippen molar-refractivity contribution >= 4 is 27.4 Å². The lowest BCUT2D eigenvalue weighted by Gasteiger charge is -2.05. The van der Waals surface area contributed by atoms with Crippen molar-refractivity contribution in [3.05, 3.63) is 28.2 Å². The van der Waals surface area contributed by atoms with Crippen LogP contribution in [0.2, 0.25) is 0 Å². The van der Waals surface area contributed by atoms with Crippen LogP contribution in [0, 0.1) is 20.8 Å². The molecule has 3 heterocycles. The number of nitrogens with zero attached hydrogens (tertiary/aromatic N) is 4. The molecule has 0 atom stereocenters. The molecule has 0 amide bonds. The number of anilines is 1. The molecule has 0 aromatic carbocycles. The van der Waals surface area contributed by atoms with E-state index in [1.54, 1.807) is 17.7 Å². The van der Waals surface area contributed by atoms with Gasteiger partial charge in [-0.05, 0) is 26.3 Å². The third-order valence-electron chi connectivity index (χ3n) is 3.14. The van der Waals surface area contributed by atoms with Crippen LogP contribution in [-0.4, -0.2) is 20.3 Å². The summed E-state index contributed by atoms with van der Waals surface area (Å²) in [6.07, 6.45) is 1.58. The fraction of sp³-hybridized carbons (Fsp3) is 0.333. The van der Waals surface area contributed by atoms with Crippen molar-refractivity contribution in [2.75, 3.05) is 5.32 Å². The van der Waals surface area contributed by atoms with Gasteiger partial charge in [-0.1, -0.05) is 10.3 Å². The first-order valence-electron chi connectivity index (χ1n) is 5.89. The zero-order valence-electron chi connectivity index (χ0n) is 10.9. The Balaban J connectivity index is 1.95. The van der Waals surface area contributed by atoms with Crippen LogP contribution in [0.15, 0.2) is 11.0 Å². The Hall–Kier alpha value is -2.02. The van der Waals surface area contributed by atoms with Crippen molar-refractivity contribution in [2.45, 2.75) is 27.3 Å². The number of aromatic nitrogens is 4. The van der Waals surface area contributed by atoms with Gasteiger partial charge in [-0.2, -0.15) is 0 Å². The van der Waals surface area contributed by atoms with Crippen LogP contribution >= 0.6 is 11.3 Å². The molecule has 1 N–H and O–H groups in total. The van der Waals surface area contributed by atoms with Gasteiger partial charge in [0.25, 0.3) is 0 Å². The summed E-state index contributed by atoms with van der Waals surface area (Å²) in [7, 11) is 0. The summed E-state index contributed by atoms with van der Waals surface area (Å²) in [5.41, 5.74) is 2.80. The van der Waals surface area contributed by atoms with Gasteiger partial charge in [0.2, 0.25) is 0 Å². The summed E-state index contributed by atoms with van der Waals surface area (Å²) < 4.78 is 4.68. The molecule has 3 aromatic rings. The second-order valence-corrected chi connectivity index (χ2v) is 5.54. The first kappa shape index (κ1) is 12.0. The molecule has 0 saturated carbocycles. The van der Waals surface area contributed by atoms with Gasteiger partial charge >= 0.3 is 0 Å². The predicted molar refractivity (Wildman–Crippen MR) is 73.3 cm³/mol. The van der Waals surface area contributed by atoms with E-state index in [2.05, 4.69) is 44.1 Å². The van der Waals surface area contributed by atoms with Gasteiger partial charge in [-0.25, -0.2) is 14.6 Å². The van der Waals surface area contributed by atoms with Crippen molar-refractivity contribution in [1.82, 2.24) is 20.3 Å². The van der Waals surface area contributed by atoms with Crippen LogP contribution in [0.5, 0.6) is 0 Å². The van der Waals surface area contributed by atoms with Gasteiger partial charge in [-0.3, -0.25) is 0 Å². The smallest absolute Gasteiger partial charge is 0.138 e. The zero-order valence-corrected chi connectivity index (χ0v) is 11.7. The summed E-state index contributed by atoms with van der Waals surface area (Å²) in [4.78, 5) is 10.9. The molecular formula is C12H13N5OS. The molecule has 3 rings (SSSR count). The van der Waals surface area contributed by atoms with Gasteiger partial charge in [-0.15, -0.1) is 11.3 Å². The molecule has 0 saturated heterocycles. The van der Waals surface area contributed by atoms with Crippen LogP contribution < -0.4 is 5.32 Å². The van der Waals surface area contributed by atoms with E-state index >= 15 is 0 Å². The fourth-order valence-corrected chi connectivity index (χ4v) is 2.89. The topological polar surface area (TPSA) is 76.7 Å². The molecular weight excluding hydrogens is 262 g/mol. The fourth-order valence-electron chi connectivity index (χ4n) is 1.89. The second-order valence-electron chi connectivity index (χ2n) is 4.34. The summed E-state index contributed by atoms with van der Waals surface area (Å²) in [6.45, 7) is 6.58. The predicted octanol–water partition coefficient (Wildman–Crippen LogP) is 2.61. The highest BCUT2D eigenvalue weighted by Crippen LogP contribution is 2.32. The summed E-state index contributed by atoms with van der Waals surface area (Å²) in [6, 6.07) is 0. The number of hydrogen-bond acceptors (Lipinski definition) is 7. The van der Waals surface area contributed by atoms with Gasteiger partial charge in [0, 0.05) is 4.88 Å². The number of nitrogens with one attached hydrogen (secondary N) is 1. The van der Waals surface area contributed by atoms with Gasteiger partial charge in [0.05, 0.1) is 11.9 Å². The number of aryl methyl sites for hydroxylation is 3. The molecule has 3 aromatic heterocycles. The van der Waals surface area contributed by atoms with Gasteiger partial charge in [0.1, 0.15) is 28.4 Å². The summed E-state index contributed by atoms with van der Waals surface area (Å²) >= 11 is 1.68. The lowest BCUT2D eigenvalue weighted by molar-refractivity contribution is 0.301. The highest BCUT2D eigenvalue weighted by Gasteiger charge is 2.12. The largest absolute Gasteiger partial charge is 0.364 e. The highest BCUT2D eigenvalue weighted by molar-refractivity contribution is 7.18. The number of hydrogen-bond donors (Lipinski definition) is 1. The van der Waals surface area contributed by atoms with E-state index in [9.17, 15) is 0 Å². The summed E-state index contributed by atoms with van der Waals surface area (Å²) in [5, 5.41) is 12.0. The molecule has 98 valence electrons. The maximum atomic E-state index is 4.68.